The molecule has 0 spiro atoms. The minimum atomic E-state index is -0.179. The van der Waals surface area contributed by atoms with Gasteiger partial charge in [-0.2, -0.15) is 0 Å². The first kappa shape index (κ1) is 25.2. The Bertz CT molecular complexity index is 949. The number of carbonyl (C=O) groups excluding carboxylic acids is 1. The molecule has 0 radical (unpaired) electrons. The number of hydrogen-bond acceptors (Lipinski definition) is 3. The van der Waals surface area contributed by atoms with Crippen molar-refractivity contribution in [3.8, 4) is 0 Å². The first-order chi connectivity index (χ1) is 17.3. The summed E-state index contributed by atoms with van der Waals surface area (Å²) >= 11 is 0. The van der Waals surface area contributed by atoms with Gasteiger partial charge in [-0.05, 0) is 61.6 Å². The zero-order valence-corrected chi connectivity index (χ0v) is 20.6. The summed E-state index contributed by atoms with van der Waals surface area (Å²) in [6.45, 7) is 1.31. The maximum atomic E-state index is 13.1. The van der Waals surface area contributed by atoms with E-state index in [9.17, 15) is 4.79 Å². The average molecular weight is 471 g/mol. The molecule has 0 saturated carbocycles. The van der Waals surface area contributed by atoms with Crippen LogP contribution in [0.2, 0.25) is 0 Å². The van der Waals surface area contributed by atoms with Crippen molar-refractivity contribution in [1.29, 1.82) is 0 Å². The van der Waals surface area contributed by atoms with E-state index in [1.165, 1.54) is 11.1 Å². The zero-order chi connectivity index (χ0) is 24.1. The van der Waals surface area contributed by atoms with Gasteiger partial charge < -0.3 is 15.4 Å². The smallest absolute Gasteiger partial charge is 0.237 e. The van der Waals surface area contributed by atoms with E-state index >= 15 is 0 Å². The molecule has 4 heteroatoms. The largest absolute Gasteiger partial charge is 0.372 e. The van der Waals surface area contributed by atoms with Gasteiger partial charge in [0, 0.05) is 12.6 Å². The molecule has 3 aromatic carbocycles. The predicted molar refractivity (Wildman–Crippen MR) is 142 cm³/mol. The molecule has 1 fully saturated rings. The molecule has 0 aromatic heterocycles. The van der Waals surface area contributed by atoms with Crippen molar-refractivity contribution in [3.63, 3.8) is 0 Å². The maximum Gasteiger partial charge on any atom is 0.237 e. The molecule has 1 unspecified atom stereocenters. The van der Waals surface area contributed by atoms with Crippen molar-refractivity contribution in [2.24, 2.45) is 0 Å². The topological polar surface area (TPSA) is 50.4 Å². The van der Waals surface area contributed by atoms with E-state index in [4.69, 9.17) is 4.74 Å². The van der Waals surface area contributed by atoms with Crippen LogP contribution in [0.4, 0.5) is 0 Å². The van der Waals surface area contributed by atoms with Crippen LogP contribution in [0.15, 0.2) is 91.0 Å². The quantitative estimate of drug-likeness (QED) is 0.349. The monoisotopic (exact) mass is 470 g/mol. The van der Waals surface area contributed by atoms with Crippen molar-refractivity contribution in [3.05, 3.63) is 108 Å². The van der Waals surface area contributed by atoms with E-state index in [2.05, 4.69) is 83.4 Å². The molecular weight excluding hydrogens is 432 g/mol. The van der Waals surface area contributed by atoms with Crippen LogP contribution < -0.4 is 10.6 Å². The lowest BCUT2D eigenvalue weighted by atomic mass is 9.98. The summed E-state index contributed by atoms with van der Waals surface area (Å²) in [4.78, 5) is 13.1. The lowest BCUT2D eigenvalue weighted by molar-refractivity contribution is -0.123. The van der Waals surface area contributed by atoms with Crippen molar-refractivity contribution in [2.45, 2.75) is 69.7 Å². The molecule has 35 heavy (non-hydrogen) atoms. The van der Waals surface area contributed by atoms with Gasteiger partial charge in [0.05, 0.1) is 18.8 Å². The number of nitrogens with one attached hydrogen (secondary N) is 2. The zero-order valence-electron chi connectivity index (χ0n) is 20.6. The highest BCUT2D eigenvalue weighted by molar-refractivity contribution is 5.82. The van der Waals surface area contributed by atoms with Gasteiger partial charge in [0.15, 0.2) is 0 Å². The van der Waals surface area contributed by atoms with Crippen molar-refractivity contribution in [2.75, 3.05) is 6.54 Å². The molecule has 1 heterocycles. The summed E-state index contributed by atoms with van der Waals surface area (Å²) in [6.07, 6.45) is 7.01. The molecule has 1 aliphatic heterocycles. The highest BCUT2D eigenvalue weighted by Gasteiger charge is 2.30. The van der Waals surface area contributed by atoms with Gasteiger partial charge >= 0.3 is 0 Å². The molecule has 184 valence electrons. The lowest BCUT2D eigenvalue weighted by Crippen LogP contribution is -2.45. The molecule has 0 bridgehead atoms. The second kappa shape index (κ2) is 13.8. The second-order valence-corrected chi connectivity index (χ2v) is 9.58. The van der Waals surface area contributed by atoms with Crippen molar-refractivity contribution in [1.82, 2.24) is 10.6 Å². The summed E-state index contributed by atoms with van der Waals surface area (Å²) < 4.78 is 6.06. The fraction of sp³-hybridized carbons (Fsp3) is 0.387. The SMILES string of the molecule is O=C(NC(CCCc1ccccc1)CCCc1ccccc1)[C@@H]1CC(OCc2ccccc2)CN1. The Morgan fingerprint density at radius 1 is 0.800 bits per heavy atom. The molecule has 1 amide bonds. The van der Waals surface area contributed by atoms with E-state index in [0.29, 0.717) is 6.61 Å². The fourth-order valence-electron chi connectivity index (χ4n) is 4.80. The van der Waals surface area contributed by atoms with Gasteiger partial charge in [0.25, 0.3) is 0 Å². The van der Waals surface area contributed by atoms with Gasteiger partial charge in [-0.25, -0.2) is 0 Å². The van der Waals surface area contributed by atoms with E-state index in [0.717, 1.165) is 57.1 Å². The third kappa shape index (κ3) is 8.65. The standard InChI is InChI=1S/C31H38N2O2/c34-31(30-22-29(23-32-30)35-24-27-16-8-3-9-17-27)33-28(20-10-18-25-12-4-1-5-13-25)21-11-19-26-14-6-2-7-15-26/h1-9,12-17,28-30,32H,10-11,18-24H2,(H,33,34)/t29?,30-/m0/s1. The second-order valence-electron chi connectivity index (χ2n) is 9.58. The first-order valence-electron chi connectivity index (χ1n) is 13.0. The lowest BCUT2D eigenvalue weighted by Gasteiger charge is -2.21. The van der Waals surface area contributed by atoms with Crippen molar-refractivity contribution >= 4 is 5.91 Å². The Morgan fingerprint density at radius 3 is 1.86 bits per heavy atom. The maximum absolute atomic E-state index is 13.1. The van der Waals surface area contributed by atoms with Crippen molar-refractivity contribution < 1.29 is 9.53 Å². The fourth-order valence-corrected chi connectivity index (χ4v) is 4.80. The first-order valence-corrected chi connectivity index (χ1v) is 13.0. The van der Waals surface area contributed by atoms with Gasteiger partial charge in [0.1, 0.15) is 0 Å². The number of hydrogen-bond donors (Lipinski definition) is 2. The summed E-state index contributed by atoms with van der Waals surface area (Å²) in [5.74, 6) is 0.111. The Kier molecular flexibility index (Phi) is 9.93. The molecule has 1 saturated heterocycles. The molecule has 2 N–H and O–H groups in total. The number of carbonyl (C=O) groups is 1. The van der Waals surface area contributed by atoms with Gasteiger partial charge in [0.2, 0.25) is 5.91 Å². The van der Waals surface area contributed by atoms with Crippen LogP contribution in [0.1, 0.15) is 48.8 Å². The van der Waals surface area contributed by atoms with Crippen LogP contribution in [0.25, 0.3) is 0 Å². The molecule has 1 aliphatic rings. The molecule has 3 aromatic rings. The molecule has 4 nitrogen and oxygen atoms in total. The van der Waals surface area contributed by atoms with Crippen LogP contribution in [-0.4, -0.2) is 30.6 Å². The summed E-state index contributed by atoms with van der Waals surface area (Å²) in [5, 5.41) is 6.74. The summed E-state index contributed by atoms with van der Waals surface area (Å²) in [5.41, 5.74) is 3.88. The minimum absolute atomic E-state index is 0.0700. The third-order valence-corrected chi connectivity index (χ3v) is 6.80. The van der Waals surface area contributed by atoms with Crippen LogP contribution in [0.3, 0.4) is 0 Å². The van der Waals surface area contributed by atoms with Crippen LogP contribution in [-0.2, 0) is 29.0 Å². The van der Waals surface area contributed by atoms with Crippen LogP contribution in [0.5, 0.6) is 0 Å². The number of aryl methyl sites for hydroxylation is 2. The predicted octanol–water partition coefficient (Wildman–Crippen LogP) is 5.46. The van der Waals surface area contributed by atoms with Gasteiger partial charge in [-0.3, -0.25) is 4.79 Å². The normalized spacial score (nSPS) is 17.5. The van der Waals surface area contributed by atoms with Gasteiger partial charge in [-0.1, -0.05) is 91.0 Å². The Balaban J connectivity index is 1.25. The molecule has 4 rings (SSSR count). The third-order valence-electron chi connectivity index (χ3n) is 6.80. The Labute approximate surface area is 210 Å². The number of ether oxygens (including phenoxy) is 1. The summed E-state index contributed by atoms with van der Waals surface area (Å²) in [7, 11) is 0. The van der Waals surface area contributed by atoms with Crippen LogP contribution in [0, 0.1) is 0 Å². The van der Waals surface area contributed by atoms with E-state index in [1.54, 1.807) is 0 Å². The highest BCUT2D eigenvalue weighted by atomic mass is 16.5. The molecule has 0 aliphatic carbocycles. The Morgan fingerprint density at radius 2 is 1.31 bits per heavy atom. The van der Waals surface area contributed by atoms with E-state index in [-0.39, 0.29) is 24.1 Å². The van der Waals surface area contributed by atoms with Gasteiger partial charge in [-0.15, -0.1) is 0 Å². The number of amides is 1. The van der Waals surface area contributed by atoms with E-state index in [1.807, 2.05) is 18.2 Å². The molecular formula is C31H38N2O2. The van der Waals surface area contributed by atoms with E-state index < -0.39 is 0 Å². The van der Waals surface area contributed by atoms with Crippen LogP contribution >= 0.6 is 0 Å². The number of rotatable bonds is 13. The Hall–Kier alpha value is -2.95. The number of benzene rings is 3. The molecule has 2 atom stereocenters. The highest BCUT2D eigenvalue weighted by Crippen LogP contribution is 2.16. The minimum Gasteiger partial charge on any atom is -0.372 e. The average Bonchev–Trinajstić information content (AvgIpc) is 3.39. The summed E-state index contributed by atoms with van der Waals surface area (Å²) in [6, 6.07) is 31.4.